The lowest BCUT2D eigenvalue weighted by Crippen LogP contribution is -2.28. The summed E-state index contributed by atoms with van der Waals surface area (Å²) in [7, 11) is 0. The fourth-order valence-electron chi connectivity index (χ4n) is 2.75. The van der Waals surface area contributed by atoms with Gasteiger partial charge in [0.25, 0.3) is 0 Å². The summed E-state index contributed by atoms with van der Waals surface area (Å²) in [4.78, 5) is 34.5. The van der Waals surface area contributed by atoms with Crippen LogP contribution in [-0.4, -0.2) is 22.9 Å². The van der Waals surface area contributed by atoms with Gasteiger partial charge in [-0.2, -0.15) is 0 Å². The van der Waals surface area contributed by atoms with E-state index in [2.05, 4.69) is 10.6 Å². The molecule has 2 aliphatic carbocycles. The van der Waals surface area contributed by atoms with Gasteiger partial charge in [0.05, 0.1) is 11.8 Å². The average molecular weight is 316 g/mol. The van der Waals surface area contributed by atoms with Gasteiger partial charge in [0.15, 0.2) is 0 Å². The molecule has 3 rings (SSSR count). The normalized spacial score (nSPS) is 22.8. The maximum atomic E-state index is 11.9. The molecule has 2 amide bonds. The van der Waals surface area contributed by atoms with Gasteiger partial charge in [-0.15, -0.1) is 0 Å². The van der Waals surface area contributed by atoms with Crippen LogP contribution in [0.1, 0.15) is 31.2 Å². The number of nitrogens with one attached hydrogen (secondary N) is 2. The summed E-state index contributed by atoms with van der Waals surface area (Å²) in [6.45, 7) is 0.328. The molecule has 2 aliphatic rings. The van der Waals surface area contributed by atoms with Gasteiger partial charge in [-0.25, -0.2) is 0 Å². The number of carboxylic acid groups (broad SMARTS) is 1. The zero-order valence-electron chi connectivity index (χ0n) is 12.7. The minimum Gasteiger partial charge on any atom is -0.481 e. The summed E-state index contributed by atoms with van der Waals surface area (Å²) in [5, 5.41) is 14.5. The first-order valence-corrected chi connectivity index (χ1v) is 7.95. The molecule has 0 heterocycles. The van der Waals surface area contributed by atoms with Crippen LogP contribution in [0, 0.1) is 17.8 Å². The molecule has 0 aliphatic heterocycles. The number of hydrogen-bond acceptors (Lipinski definition) is 3. The molecule has 2 atom stereocenters. The molecule has 6 heteroatoms. The standard InChI is InChI=1S/C17H20N2O4/c20-15(11-4-2-5-11)19-12-6-1-3-10(7-12)9-18-16(21)13-8-14(13)17(22)23/h1,3,6-7,11,13-14H,2,4-5,8-9H2,(H,18,21)(H,19,20)(H,22,23). The van der Waals surface area contributed by atoms with Crippen LogP contribution in [0.5, 0.6) is 0 Å². The van der Waals surface area contributed by atoms with Gasteiger partial charge in [0.2, 0.25) is 11.8 Å². The van der Waals surface area contributed by atoms with E-state index in [1.165, 1.54) is 0 Å². The van der Waals surface area contributed by atoms with Gasteiger partial charge in [0.1, 0.15) is 0 Å². The number of amides is 2. The number of benzene rings is 1. The molecule has 2 unspecified atom stereocenters. The summed E-state index contributed by atoms with van der Waals surface area (Å²) in [6.07, 6.45) is 3.43. The van der Waals surface area contributed by atoms with E-state index in [0.717, 1.165) is 30.5 Å². The monoisotopic (exact) mass is 316 g/mol. The third kappa shape index (κ3) is 3.70. The molecule has 2 fully saturated rings. The van der Waals surface area contributed by atoms with E-state index in [4.69, 9.17) is 5.11 Å². The van der Waals surface area contributed by atoms with Crippen LogP contribution in [0.3, 0.4) is 0 Å². The van der Waals surface area contributed by atoms with Crippen molar-refractivity contribution in [2.24, 2.45) is 17.8 Å². The largest absolute Gasteiger partial charge is 0.481 e. The Balaban J connectivity index is 1.50. The second-order valence-corrected chi connectivity index (χ2v) is 6.32. The smallest absolute Gasteiger partial charge is 0.307 e. The van der Waals surface area contributed by atoms with Crippen molar-refractivity contribution >= 4 is 23.5 Å². The van der Waals surface area contributed by atoms with Crippen molar-refractivity contribution in [1.82, 2.24) is 5.32 Å². The predicted molar refractivity (Wildman–Crippen MR) is 83.5 cm³/mol. The number of anilines is 1. The fourth-order valence-corrected chi connectivity index (χ4v) is 2.75. The molecule has 0 bridgehead atoms. The van der Waals surface area contributed by atoms with Crippen molar-refractivity contribution in [1.29, 1.82) is 0 Å². The first-order chi connectivity index (χ1) is 11.0. The predicted octanol–water partition coefficient (Wildman–Crippen LogP) is 1.76. The first-order valence-electron chi connectivity index (χ1n) is 7.95. The Morgan fingerprint density at radius 3 is 2.52 bits per heavy atom. The van der Waals surface area contributed by atoms with E-state index < -0.39 is 17.8 Å². The highest BCUT2D eigenvalue weighted by molar-refractivity contribution is 5.93. The molecule has 122 valence electrons. The van der Waals surface area contributed by atoms with Crippen molar-refractivity contribution in [2.45, 2.75) is 32.2 Å². The third-order valence-corrected chi connectivity index (χ3v) is 4.58. The molecular weight excluding hydrogens is 296 g/mol. The maximum absolute atomic E-state index is 11.9. The summed E-state index contributed by atoms with van der Waals surface area (Å²) < 4.78 is 0. The van der Waals surface area contributed by atoms with Crippen molar-refractivity contribution < 1.29 is 19.5 Å². The Labute approximate surface area is 134 Å². The lowest BCUT2D eigenvalue weighted by molar-refractivity contribution is -0.140. The van der Waals surface area contributed by atoms with Gasteiger partial charge in [-0.1, -0.05) is 18.6 Å². The molecule has 0 radical (unpaired) electrons. The second-order valence-electron chi connectivity index (χ2n) is 6.32. The number of carbonyl (C=O) groups excluding carboxylic acids is 2. The van der Waals surface area contributed by atoms with Crippen molar-refractivity contribution in [2.75, 3.05) is 5.32 Å². The fraction of sp³-hybridized carbons (Fsp3) is 0.471. The van der Waals surface area contributed by atoms with Crippen molar-refractivity contribution in [3.63, 3.8) is 0 Å². The van der Waals surface area contributed by atoms with Crippen molar-refractivity contribution in [3.05, 3.63) is 29.8 Å². The Morgan fingerprint density at radius 2 is 1.91 bits per heavy atom. The van der Waals surface area contributed by atoms with E-state index in [-0.39, 0.29) is 17.7 Å². The lowest BCUT2D eigenvalue weighted by Gasteiger charge is -2.24. The zero-order chi connectivity index (χ0) is 16.4. The van der Waals surface area contributed by atoms with Crippen LogP contribution in [0.2, 0.25) is 0 Å². The van der Waals surface area contributed by atoms with Gasteiger partial charge in [-0.3, -0.25) is 14.4 Å². The highest BCUT2D eigenvalue weighted by Crippen LogP contribution is 2.38. The number of rotatable bonds is 6. The SMILES string of the molecule is O=C(Nc1cccc(CNC(=O)C2CC2C(=O)O)c1)C1CCC1. The van der Waals surface area contributed by atoms with Crippen LogP contribution >= 0.6 is 0 Å². The van der Waals surface area contributed by atoms with E-state index in [0.29, 0.717) is 13.0 Å². The van der Waals surface area contributed by atoms with Crippen LogP contribution < -0.4 is 10.6 Å². The molecule has 2 saturated carbocycles. The number of aliphatic carboxylic acids is 1. The Hall–Kier alpha value is -2.37. The molecular formula is C17H20N2O4. The molecule has 1 aromatic carbocycles. The molecule has 23 heavy (non-hydrogen) atoms. The molecule has 0 aromatic heterocycles. The van der Waals surface area contributed by atoms with Gasteiger partial charge >= 0.3 is 5.97 Å². The van der Waals surface area contributed by atoms with Gasteiger partial charge < -0.3 is 15.7 Å². The van der Waals surface area contributed by atoms with Gasteiger partial charge in [-0.05, 0) is 37.0 Å². The summed E-state index contributed by atoms with van der Waals surface area (Å²) in [6, 6.07) is 7.34. The van der Waals surface area contributed by atoms with Crippen LogP contribution in [-0.2, 0) is 20.9 Å². The van der Waals surface area contributed by atoms with Crippen molar-refractivity contribution in [3.8, 4) is 0 Å². The molecule has 3 N–H and O–H groups in total. The van der Waals surface area contributed by atoms with Gasteiger partial charge in [0, 0.05) is 18.2 Å². The minimum absolute atomic E-state index is 0.0553. The summed E-state index contributed by atoms with van der Waals surface area (Å²) in [5.41, 5.74) is 1.60. The highest BCUT2D eigenvalue weighted by atomic mass is 16.4. The van der Waals surface area contributed by atoms with E-state index in [1.807, 2.05) is 24.3 Å². The summed E-state index contributed by atoms with van der Waals surface area (Å²) >= 11 is 0. The van der Waals surface area contributed by atoms with Crippen LogP contribution in [0.15, 0.2) is 24.3 Å². The highest BCUT2D eigenvalue weighted by Gasteiger charge is 2.48. The quantitative estimate of drug-likeness (QED) is 0.745. The van der Waals surface area contributed by atoms with Crippen LogP contribution in [0.25, 0.3) is 0 Å². The number of carbonyl (C=O) groups is 3. The second kappa shape index (κ2) is 6.40. The molecule has 6 nitrogen and oxygen atoms in total. The average Bonchev–Trinajstić information content (AvgIpc) is 3.24. The Bertz CT molecular complexity index is 639. The Kier molecular flexibility index (Phi) is 4.32. The zero-order valence-corrected chi connectivity index (χ0v) is 12.7. The number of hydrogen-bond donors (Lipinski definition) is 3. The molecule has 0 saturated heterocycles. The maximum Gasteiger partial charge on any atom is 0.307 e. The lowest BCUT2D eigenvalue weighted by atomic mass is 9.85. The molecule has 1 aromatic rings. The van der Waals surface area contributed by atoms with Crippen LogP contribution in [0.4, 0.5) is 5.69 Å². The minimum atomic E-state index is -0.911. The Morgan fingerprint density at radius 1 is 1.13 bits per heavy atom. The first kappa shape index (κ1) is 15.5. The topological polar surface area (TPSA) is 95.5 Å². The molecule has 0 spiro atoms. The van der Waals surface area contributed by atoms with E-state index in [9.17, 15) is 14.4 Å². The third-order valence-electron chi connectivity index (χ3n) is 4.58. The van der Waals surface area contributed by atoms with E-state index in [1.54, 1.807) is 0 Å². The van der Waals surface area contributed by atoms with E-state index >= 15 is 0 Å². The number of carboxylic acids is 1. The summed E-state index contributed by atoms with van der Waals surface area (Å²) in [5.74, 6) is -1.90.